The van der Waals surface area contributed by atoms with Gasteiger partial charge in [-0.25, -0.2) is 0 Å². The molecule has 0 N–H and O–H groups in total. The highest BCUT2D eigenvalue weighted by Gasteiger charge is 2.18. The van der Waals surface area contributed by atoms with E-state index in [1.54, 1.807) is 24.3 Å². The Kier molecular flexibility index (Phi) is 4.18. The molecule has 0 spiro atoms. The Balaban J connectivity index is 2.57. The molecule has 0 amide bonds. The highest BCUT2D eigenvalue weighted by atomic mass is 35.5. The zero-order valence-electron chi connectivity index (χ0n) is 8.88. The molecule has 0 radical (unpaired) electrons. The van der Waals surface area contributed by atoms with Gasteiger partial charge in [0.05, 0.1) is 15.1 Å². The van der Waals surface area contributed by atoms with Gasteiger partial charge in [0.15, 0.2) is 5.78 Å². The first kappa shape index (κ1) is 13.7. The molecular formula is C13H6Cl4O. The smallest absolute Gasteiger partial charge is 0.196 e. The van der Waals surface area contributed by atoms with E-state index < -0.39 is 0 Å². The standard InChI is InChI=1S/C13H6Cl4O/c14-7-5-9(12(17)11(16)6-7)13(18)8-3-1-2-4-10(8)15/h1-6H. The molecule has 0 aliphatic carbocycles. The summed E-state index contributed by atoms with van der Waals surface area (Å²) in [6, 6.07) is 9.67. The Morgan fingerprint density at radius 3 is 2.17 bits per heavy atom. The van der Waals surface area contributed by atoms with Crippen LogP contribution in [0.5, 0.6) is 0 Å². The van der Waals surface area contributed by atoms with Crippen molar-refractivity contribution in [2.75, 3.05) is 0 Å². The normalized spacial score (nSPS) is 10.4. The molecule has 2 aromatic rings. The van der Waals surface area contributed by atoms with Crippen molar-refractivity contribution >= 4 is 52.2 Å². The summed E-state index contributed by atoms with van der Waals surface area (Å²) in [6.45, 7) is 0. The van der Waals surface area contributed by atoms with Crippen LogP contribution in [0.3, 0.4) is 0 Å². The average Bonchev–Trinajstić information content (AvgIpc) is 2.33. The van der Waals surface area contributed by atoms with Gasteiger partial charge in [0.2, 0.25) is 0 Å². The lowest BCUT2D eigenvalue weighted by Gasteiger charge is -2.07. The van der Waals surface area contributed by atoms with Crippen LogP contribution in [0.1, 0.15) is 15.9 Å². The van der Waals surface area contributed by atoms with E-state index >= 15 is 0 Å². The fourth-order valence-electron chi connectivity index (χ4n) is 1.51. The first-order valence-corrected chi connectivity index (χ1v) is 6.45. The minimum Gasteiger partial charge on any atom is -0.288 e. The van der Waals surface area contributed by atoms with Crippen LogP contribution in [0.2, 0.25) is 20.1 Å². The lowest BCUT2D eigenvalue weighted by Crippen LogP contribution is -2.03. The molecule has 5 heteroatoms. The maximum atomic E-state index is 12.3. The van der Waals surface area contributed by atoms with Gasteiger partial charge in [-0.3, -0.25) is 4.79 Å². The average molecular weight is 320 g/mol. The minimum absolute atomic E-state index is 0.172. The summed E-state index contributed by atoms with van der Waals surface area (Å²) in [5.74, 6) is -0.310. The van der Waals surface area contributed by atoms with E-state index in [1.165, 1.54) is 12.1 Å². The Morgan fingerprint density at radius 2 is 1.50 bits per heavy atom. The maximum Gasteiger partial charge on any atom is 0.196 e. The third kappa shape index (κ3) is 2.65. The summed E-state index contributed by atoms with van der Waals surface area (Å²) >= 11 is 23.7. The van der Waals surface area contributed by atoms with Gasteiger partial charge in [0.25, 0.3) is 0 Å². The Labute approximate surface area is 124 Å². The molecule has 18 heavy (non-hydrogen) atoms. The molecular weight excluding hydrogens is 314 g/mol. The fourth-order valence-corrected chi connectivity index (χ4v) is 2.42. The number of hydrogen-bond donors (Lipinski definition) is 0. The van der Waals surface area contributed by atoms with Gasteiger partial charge < -0.3 is 0 Å². The minimum atomic E-state index is -0.310. The molecule has 0 fully saturated rings. The topological polar surface area (TPSA) is 17.1 Å². The van der Waals surface area contributed by atoms with E-state index in [2.05, 4.69) is 0 Å². The van der Waals surface area contributed by atoms with Gasteiger partial charge >= 0.3 is 0 Å². The van der Waals surface area contributed by atoms with Crippen molar-refractivity contribution in [3.8, 4) is 0 Å². The van der Waals surface area contributed by atoms with Crippen molar-refractivity contribution in [1.29, 1.82) is 0 Å². The third-order valence-electron chi connectivity index (χ3n) is 2.36. The summed E-state index contributed by atoms with van der Waals surface area (Å²) < 4.78 is 0. The van der Waals surface area contributed by atoms with Crippen LogP contribution >= 0.6 is 46.4 Å². The number of carbonyl (C=O) groups excluding carboxylic acids is 1. The van der Waals surface area contributed by atoms with Crippen molar-refractivity contribution in [3.05, 3.63) is 67.6 Å². The van der Waals surface area contributed by atoms with E-state index in [0.29, 0.717) is 15.6 Å². The summed E-state index contributed by atoms with van der Waals surface area (Å²) in [5.41, 5.74) is 0.599. The molecule has 92 valence electrons. The molecule has 0 saturated carbocycles. The van der Waals surface area contributed by atoms with Crippen LogP contribution in [0.25, 0.3) is 0 Å². The van der Waals surface area contributed by atoms with Gasteiger partial charge in [0.1, 0.15) is 0 Å². The third-order valence-corrected chi connectivity index (χ3v) is 3.71. The first-order valence-electron chi connectivity index (χ1n) is 4.94. The number of ketones is 1. The highest BCUT2D eigenvalue weighted by molar-refractivity contribution is 6.46. The van der Waals surface area contributed by atoms with Gasteiger partial charge in [-0.05, 0) is 24.3 Å². The molecule has 0 aromatic heterocycles. The number of benzene rings is 2. The van der Waals surface area contributed by atoms with Crippen molar-refractivity contribution in [2.24, 2.45) is 0 Å². The quantitative estimate of drug-likeness (QED) is 0.525. The highest BCUT2D eigenvalue weighted by Crippen LogP contribution is 2.32. The van der Waals surface area contributed by atoms with Gasteiger partial charge in [-0.2, -0.15) is 0 Å². The lowest BCUT2D eigenvalue weighted by molar-refractivity contribution is 0.103. The SMILES string of the molecule is O=C(c1ccccc1Cl)c1cc(Cl)cc(Cl)c1Cl. The van der Waals surface area contributed by atoms with E-state index in [1.807, 2.05) is 0 Å². The van der Waals surface area contributed by atoms with E-state index in [-0.39, 0.29) is 21.4 Å². The van der Waals surface area contributed by atoms with E-state index in [9.17, 15) is 4.79 Å². The van der Waals surface area contributed by atoms with Crippen molar-refractivity contribution < 1.29 is 4.79 Å². The van der Waals surface area contributed by atoms with Crippen LogP contribution in [0, 0.1) is 0 Å². The van der Waals surface area contributed by atoms with Crippen LogP contribution in [0.4, 0.5) is 0 Å². The van der Waals surface area contributed by atoms with Gasteiger partial charge in [-0.15, -0.1) is 0 Å². The van der Waals surface area contributed by atoms with Gasteiger partial charge in [-0.1, -0.05) is 58.5 Å². The van der Waals surface area contributed by atoms with Crippen LogP contribution < -0.4 is 0 Å². The molecule has 0 aliphatic rings. The monoisotopic (exact) mass is 318 g/mol. The summed E-state index contributed by atoms with van der Waals surface area (Å²) in [4.78, 5) is 12.3. The largest absolute Gasteiger partial charge is 0.288 e. The predicted molar refractivity (Wildman–Crippen MR) is 76.4 cm³/mol. The molecule has 0 unspecified atom stereocenters. The number of rotatable bonds is 2. The zero-order valence-corrected chi connectivity index (χ0v) is 11.9. The molecule has 0 bridgehead atoms. The van der Waals surface area contributed by atoms with E-state index in [0.717, 1.165) is 0 Å². The zero-order chi connectivity index (χ0) is 13.3. The number of hydrogen-bond acceptors (Lipinski definition) is 1. The van der Waals surface area contributed by atoms with Crippen LogP contribution in [-0.4, -0.2) is 5.78 Å². The van der Waals surface area contributed by atoms with E-state index in [4.69, 9.17) is 46.4 Å². The molecule has 0 atom stereocenters. The Morgan fingerprint density at radius 1 is 0.833 bits per heavy atom. The number of halogens is 4. The predicted octanol–water partition coefficient (Wildman–Crippen LogP) is 5.53. The molecule has 0 saturated heterocycles. The molecule has 0 heterocycles. The second-order valence-electron chi connectivity index (χ2n) is 3.56. The Hall–Kier alpha value is -0.730. The van der Waals surface area contributed by atoms with Crippen LogP contribution in [-0.2, 0) is 0 Å². The maximum absolute atomic E-state index is 12.3. The summed E-state index contributed by atoms with van der Waals surface area (Å²) in [7, 11) is 0. The molecule has 2 rings (SSSR count). The van der Waals surface area contributed by atoms with Crippen molar-refractivity contribution in [3.63, 3.8) is 0 Å². The second kappa shape index (κ2) is 5.50. The molecule has 2 aromatic carbocycles. The Bertz CT molecular complexity index is 622. The summed E-state index contributed by atoms with van der Waals surface area (Å²) in [5, 5.41) is 1.11. The molecule has 1 nitrogen and oxygen atoms in total. The molecule has 0 aliphatic heterocycles. The van der Waals surface area contributed by atoms with Gasteiger partial charge in [0, 0.05) is 16.1 Å². The van der Waals surface area contributed by atoms with Crippen molar-refractivity contribution in [2.45, 2.75) is 0 Å². The van der Waals surface area contributed by atoms with Crippen molar-refractivity contribution in [1.82, 2.24) is 0 Å². The summed E-state index contributed by atoms with van der Waals surface area (Å²) in [6.07, 6.45) is 0. The second-order valence-corrected chi connectivity index (χ2v) is 5.19. The lowest BCUT2D eigenvalue weighted by atomic mass is 10.0. The first-order chi connectivity index (χ1) is 8.50. The fraction of sp³-hybridized carbons (Fsp3) is 0. The van der Waals surface area contributed by atoms with Crippen LogP contribution in [0.15, 0.2) is 36.4 Å². The number of carbonyl (C=O) groups is 1.